The van der Waals surface area contributed by atoms with E-state index in [4.69, 9.17) is 11.6 Å². The van der Waals surface area contributed by atoms with Gasteiger partial charge in [-0.05, 0) is 43.6 Å². The minimum Gasteiger partial charge on any atom is -0.481 e. The highest BCUT2D eigenvalue weighted by molar-refractivity contribution is 6.31. The number of anilines is 1. The maximum Gasteiger partial charge on any atom is 0.308 e. The van der Waals surface area contributed by atoms with E-state index >= 15 is 0 Å². The highest BCUT2D eigenvalue weighted by Crippen LogP contribution is 2.46. The van der Waals surface area contributed by atoms with Crippen LogP contribution in [-0.2, 0) is 4.79 Å². The number of aliphatic carboxylic acids is 1. The number of aromatic amines is 1. The largest absolute Gasteiger partial charge is 0.481 e. The van der Waals surface area contributed by atoms with Gasteiger partial charge >= 0.3 is 5.97 Å². The number of nitrogens with zero attached hydrogens (tertiary/aromatic N) is 3. The number of rotatable bonds is 4. The number of hydrogen-bond acceptors (Lipinski definition) is 5. The summed E-state index contributed by atoms with van der Waals surface area (Å²) in [6.07, 6.45) is 4.91. The maximum atomic E-state index is 14.6. The molecule has 10 heteroatoms. The Bertz CT molecular complexity index is 1150. The lowest BCUT2D eigenvalue weighted by molar-refractivity contribution is -0.148. The van der Waals surface area contributed by atoms with E-state index in [-0.39, 0.29) is 29.0 Å². The van der Waals surface area contributed by atoms with Crippen molar-refractivity contribution in [2.45, 2.75) is 31.7 Å². The molecule has 3 saturated carbocycles. The summed E-state index contributed by atoms with van der Waals surface area (Å²) in [5.41, 5.74) is 0.382. The van der Waals surface area contributed by atoms with Crippen LogP contribution in [0.2, 0.25) is 5.02 Å². The van der Waals surface area contributed by atoms with Crippen LogP contribution in [-0.4, -0.2) is 37.3 Å². The van der Waals surface area contributed by atoms with Crippen molar-refractivity contribution in [2.24, 2.45) is 17.8 Å². The van der Waals surface area contributed by atoms with E-state index in [0.717, 1.165) is 31.7 Å². The number of carbonyl (C=O) groups is 1. The smallest absolute Gasteiger partial charge is 0.308 e. The predicted octanol–water partition coefficient (Wildman–Crippen LogP) is 4.25. The summed E-state index contributed by atoms with van der Waals surface area (Å²) in [6, 6.07) is 1.85. The van der Waals surface area contributed by atoms with Gasteiger partial charge in [0.05, 0.1) is 10.9 Å². The molecule has 6 rings (SSSR count). The molecule has 0 radical (unpaired) electrons. The minimum absolute atomic E-state index is 0.0523. The first kappa shape index (κ1) is 19.2. The molecular weight excluding hydrogens is 416 g/mol. The highest BCUT2D eigenvalue weighted by Gasteiger charge is 2.47. The number of aromatic nitrogens is 4. The second kappa shape index (κ2) is 7.16. The molecule has 7 nitrogen and oxygen atoms in total. The molecule has 3 aromatic rings. The summed E-state index contributed by atoms with van der Waals surface area (Å²) in [5, 5.41) is 20.3. The van der Waals surface area contributed by atoms with Crippen LogP contribution < -0.4 is 5.32 Å². The molecule has 3 N–H and O–H groups in total. The Morgan fingerprint density at radius 1 is 1.13 bits per heavy atom. The summed E-state index contributed by atoms with van der Waals surface area (Å²) >= 11 is 6.00. The van der Waals surface area contributed by atoms with Crippen LogP contribution >= 0.6 is 11.6 Å². The van der Waals surface area contributed by atoms with Crippen molar-refractivity contribution in [1.82, 2.24) is 20.2 Å². The molecule has 0 aromatic carbocycles. The average Bonchev–Trinajstić information content (AvgIpc) is 3.13. The van der Waals surface area contributed by atoms with E-state index in [0.29, 0.717) is 16.1 Å². The molecule has 0 spiro atoms. The fourth-order valence-electron chi connectivity index (χ4n) is 4.96. The standard InChI is InChI=1S/C20H18ClF2N5O2/c21-10-5-11-16(27-28-18(11)24-7-10)17-12(22)6-13(23)19(26-17)25-15-9-3-1-8(2-4-9)14(15)20(29)30/h5-9,14-15H,1-4H2,(H,25,26)(H,29,30)(H,24,27,28)/t8?,9?,14-,15-/m0/s1. The van der Waals surface area contributed by atoms with E-state index in [1.165, 1.54) is 6.20 Å². The first-order valence-electron chi connectivity index (χ1n) is 9.77. The van der Waals surface area contributed by atoms with Crippen LogP contribution in [0.25, 0.3) is 22.4 Å². The molecule has 0 aliphatic heterocycles. The number of carboxylic acid groups (broad SMARTS) is 1. The lowest BCUT2D eigenvalue weighted by atomic mass is 9.61. The van der Waals surface area contributed by atoms with Crippen molar-refractivity contribution in [1.29, 1.82) is 0 Å². The third-order valence-electron chi connectivity index (χ3n) is 6.34. The third-order valence-corrected chi connectivity index (χ3v) is 6.55. The third kappa shape index (κ3) is 3.08. The molecule has 3 fully saturated rings. The van der Waals surface area contributed by atoms with Crippen molar-refractivity contribution in [3.8, 4) is 11.4 Å². The molecule has 2 atom stereocenters. The monoisotopic (exact) mass is 433 g/mol. The number of halogens is 3. The topological polar surface area (TPSA) is 104 Å². The van der Waals surface area contributed by atoms with Gasteiger partial charge in [-0.3, -0.25) is 9.89 Å². The Labute approximate surface area is 174 Å². The van der Waals surface area contributed by atoms with E-state index in [1.54, 1.807) is 6.07 Å². The second-order valence-electron chi connectivity index (χ2n) is 7.98. The van der Waals surface area contributed by atoms with Gasteiger partial charge in [-0.1, -0.05) is 11.6 Å². The summed E-state index contributed by atoms with van der Waals surface area (Å²) in [4.78, 5) is 20.1. The molecule has 0 amide bonds. The van der Waals surface area contributed by atoms with Gasteiger partial charge in [0.2, 0.25) is 0 Å². The Balaban J connectivity index is 1.55. The van der Waals surface area contributed by atoms with Crippen molar-refractivity contribution in [3.63, 3.8) is 0 Å². The van der Waals surface area contributed by atoms with Gasteiger partial charge in [0.1, 0.15) is 11.4 Å². The Morgan fingerprint density at radius 2 is 1.87 bits per heavy atom. The summed E-state index contributed by atoms with van der Waals surface area (Å²) in [7, 11) is 0. The second-order valence-corrected chi connectivity index (χ2v) is 8.42. The van der Waals surface area contributed by atoms with Gasteiger partial charge in [0.15, 0.2) is 23.1 Å². The Morgan fingerprint density at radius 3 is 2.60 bits per heavy atom. The van der Waals surface area contributed by atoms with Gasteiger partial charge in [0, 0.05) is 23.7 Å². The summed E-state index contributed by atoms with van der Waals surface area (Å²) < 4.78 is 29.2. The average molecular weight is 434 g/mol. The van der Waals surface area contributed by atoms with Crippen molar-refractivity contribution in [3.05, 3.63) is 35.0 Å². The predicted molar refractivity (Wildman–Crippen MR) is 106 cm³/mol. The fourth-order valence-corrected chi connectivity index (χ4v) is 5.12. The lowest BCUT2D eigenvalue weighted by Gasteiger charge is -2.47. The molecule has 0 unspecified atom stereocenters. The minimum atomic E-state index is -0.899. The SMILES string of the molecule is O=C(O)[C@H]1C2CCC(CC2)[C@@H]1Nc1nc(-c2n[nH]c3ncc(Cl)cc23)c(F)cc1F. The summed E-state index contributed by atoms with van der Waals surface area (Å²) in [6.45, 7) is 0. The molecule has 156 valence electrons. The molecule has 3 aromatic heterocycles. The van der Waals surface area contributed by atoms with Crippen LogP contribution in [0.5, 0.6) is 0 Å². The molecule has 3 aliphatic rings. The fraction of sp³-hybridized carbons (Fsp3) is 0.400. The van der Waals surface area contributed by atoms with Crippen LogP contribution in [0.3, 0.4) is 0 Å². The number of pyridine rings is 2. The van der Waals surface area contributed by atoms with E-state index in [1.807, 2.05) is 0 Å². The number of H-pyrrole nitrogens is 1. The maximum absolute atomic E-state index is 14.6. The Hall–Kier alpha value is -2.81. The molecule has 2 bridgehead atoms. The van der Waals surface area contributed by atoms with Gasteiger partial charge < -0.3 is 10.4 Å². The van der Waals surface area contributed by atoms with Crippen molar-refractivity contribution >= 4 is 34.4 Å². The molecule has 3 heterocycles. The number of carboxylic acids is 1. The van der Waals surface area contributed by atoms with Gasteiger partial charge in [-0.25, -0.2) is 18.7 Å². The quantitative estimate of drug-likeness (QED) is 0.568. The zero-order valence-electron chi connectivity index (χ0n) is 15.7. The van der Waals surface area contributed by atoms with Crippen molar-refractivity contribution in [2.75, 3.05) is 5.32 Å². The normalized spacial score (nSPS) is 25.6. The van der Waals surface area contributed by atoms with E-state index in [2.05, 4.69) is 25.5 Å². The van der Waals surface area contributed by atoms with Gasteiger partial charge in [0.25, 0.3) is 0 Å². The molecule has 30 heavy (non-hydrogen) atoms. The zero-order chi connectivity index (χ0) is 21.0. The number of hydrogen-bond donors (Lipinski definition) is 3. The zero-order valence-corrected chi connectivity index (χ0v) is 16.5. The van der Waals surface area contributed by atoms with Crippen LogP contribution in [0, 0.1) is 29.4 Å². The molecule has 0 saturated heterocycles. The van der Waals surface area contributed by atoms with E-state index < -0.39 is 29.6 Å². The number of fused-ring (bicyclic) bond motifs is 4. The van der Waals surface area contributed by atoms with Gasteiger partial charge in [-0.15, -0.1) is 0 Å². The first-order chi connectivity index (χ1) is 14.4. The lowest BCUT2D eigenvalue weighted by Crippen LogP contribution is -2.51. The van der Waals surface area contributed by atoms with Crippen molar-refractivity contribution < 1.29 is 18.7 Å². The highest BCUT2D eigenvalue weighted by atomic mass is 35.5. The summed E-state index contributed by atoms with van der Waals surface area (Å²) in [5.74, 6) is -3.30. The van der Waals surface area contributed by atoms with Gasteiger partial charge in [-0.2, -0.15) is 5.10 Å². The number of nitrogens with one attached hydrogen (secondary N) is 2. The van der Waals surface area contributed by atoms with Crippen LogP contribution in [0.4, 0.5) is 14.6 Å². The molecule has 3 aliphatic carbocycles. The van der Waals surface area contributed by atoms with E-state index in [9.17, 15) is 18.7 Å². The molecular formula is C20H18ClF2N5O2. The van der Waals surface area contributed by atoms with Crippen LogP contribution in [0.15, 0.2) is 18.3 Å². The van der Waals surface area contributed by atoms with Crippen LogP contribution in [0.1, 0.15) is 25.7 Å². The first-order valence-corrected chi connectivity index (χ1v) is 10.2. The Kier molecular flexibility index (Phi) is 4.57.